The number of unbranched alkanes of at least 4 members (excludes halogenated alkanes) is 3. The van der Waals surface area contributed by atoms with E-state index in [4.69, 9.17) is 14.5 Å². The molecule has 0 radical (unpaired) electrons. The summed E-state index contributed by atoms with van der Waals surface area (Å²) in [5.74, 6) is 0.890. The molecular formula is C34H40N6O3. The maximum Gasteiger partial charge on any atom is 0.180 e. The van der Waals surface area contributed by atoms with E-state index in [9.17, 15) is 4.79 Å². The summed E-state index contributed by atoms with van der Waals surface area (Å²) in [6, 6.07) is 14.8. The highest BCUT2D eigenvalue weighted by Gasteiger charge is 2.16. The van der Waals surface area contributed by atoms with Gasteiger partial charge >= 0.3 is 0 Å². The molecule has 0 amide bonds. The van der Waals surface area contributed by atoms with Gasteiger partial charge < -0.3 is 24.1 Å². The molecule has 2 aliphatic heterocycles. The van der Waals surface area contributed by atoms with Gasteiger partial charge in [0.05, 0.1) is 12.2 Å². The van der Waals surface area contributed by atoms with Crippen molar-refractivity contribution in [3.63, 3.8) is 0 Å². The molecule has 0 spiro atoms. The molecule has 4 aromatic rings. The predicted octanol–water partition coefficient (Wildman–Crippen LogP) is 6.57. The van der Waals surface area contributed by atoms with Crippen molar-refractivity contribution in [1.82, 2.24) is 14.4 Å². The van der Waals surface area contributed by atoms with Crippen LogP contribution in [0.5, 0.6) is 0 Å². The summed E-state index contributed by atoms with van der Waals surface area (Å²) >= 11 is 0. The van der Waals surface area contributed by atoms with Gasteiger partial charge in [0.25, 0.3) is 0 Å². The van der Waals surface area contributed by atoms with Gasteiger partial charge in [-0.1, -0.05) is 25.0 Å². The van der Waals surface area contributed by atoms with Crippen molar-refractivity contribution < 1.29 is 14.3 Å². The Kier molecular flexibility index (Phi) is 9.40. The molecule has 1 N–H and O–H groups in total. The lowest BCUT2D eigenvalue weighted by atomic mass is 10.0. The van der Waals surface area contributed by atoms with Crippen LogP contribution in [0.2, 0.25) is 0 Å². The van der Waals surface area contributed by atoms with Crippen LogP contribution in [0, 0.1) is 0 Å². The number of benzene rings is 2. The molecule has 2 aliphatic rings. The van der Waals surface area contributed by atoms with Gasteiger partial charge in [-0.3, -0.25) is 9.79 Å². The molecule has 2 aromatic heterocycles. The zero-order valence-corrected chi connectivity index (χ0v) is 24.9. The van der Waals surface area contributed by atoms with Gasteiger partial charge in [0, 0.05) is 68.4 Å². The Morgan fingerprint density at radius 3 is 2.86 bits per heavy atom. The summed E-state index contributed by atoms with van der Waals surface area (Å²) < 4.78 is 13.1. The molecule has 1 unspecified atom stereocenters. The van der Waals surface area contributed by atoms with Crippen LogP contribution in [0.15, 0.2) is 66.0 Å². The Bertz CT molecular complexity index is 1560. The molecule has 1 atom stereocenters. The van der Waals surface area contributed by atoms with Crippen LogP contribution >= 0.6 is 0 Å². The number of carbonyl (C=O) groups excluding carboxylic acids is 1. The number of ether oxygens (including phenoxy) is 2. The quantitative estimate of drug-likeness (QED) is 0.169. The molecule has 0 aliphatic carbocycles. The van der Waals surface area contributed by atoms with Crippen molar-refractivity contribution in [3.8, 4) is 11.3 Å². The smallest absolute Gasteiger partial charge is 0.180 e. The third-order valence-electron chi connectivity index (χ3n) is 8.14. The number of aromatic nitrogens is 3. The molecule has 2 aromatic carbocycles. The number of ketones is 1. The summed E-state index contributed by atoms with van der Waals surface area (Å²) in [6.45, 7) is 2.60. The molecular weight excluding hydrogens is 540 g/mol. The minimum atomic E-state index is -0.190. The van der Waals surface area contributed by atoms with Crippen LogP contribution in [-0.4, -0.2) is 59.5 Å². The number of imidazole rings is 1. The van der Waals surface area contributed by atoms with E-state index in [0.717, 1.165) is 92.9 Å². The van der Waals surface area contributed by atoms with Gasteiger partial charge in [0.2, 0.25) is 0 Å². The topological polar surface area (TPSA) is 93.4 Å². The first-order chi connectivity index (χ1) is 21.1. The second-order valence-corrected chi connectivity index (χ2v) is 11.4. The number of anilines is 3. The van der Waals surface area contributed by atoms with E-state index >= 15 is 0 Å². The molecule has 9 nitrogen and oxygen atoms in total. The summed E-state index contributed by atoms with van der Waals surface area (Å²) in [4.78, 5) is 28.2. The molecule has 224 valence electrons. The SMILES string of the molecule is CN(CCCCCCC(=O)COC1CCCCO1)c1ccc(Nc2nc(-c3ccc4c(c3)CN=C4)cn3ccnc23)cc1. The standard InChI is InChI=1S/C34H40N6O3/c1-39(17-6-3-2-4-8-30(41)24-43-32-9-5-7-19-42-32)29-14-12-28(13-15-29)37-33-34-36-16-18-40(34)23-31(38-33)25-10-11-26-21-35-22-27(26)20-25/h10-16,18,20-21,23,32H,2-9,17,19,22,24H2,1H3,(H,37,38). The van der Waals surface area contributed by atoms with Crippen molar-refractivity contribution in [1.29, 1.82) is 0 Å². The number of hydrogen-bond donors (Lipinski definition) is 1. The minimum absolute atomic E-state index is 0.175. The van der Waals surface area contributed by atoms with Crippen molar-refractivity contribution in [2.75, 3.05) is 37.0 Å². The largest absolute Gasteiger partial charge is 0.375 e. The van der Waals surface area contributed by atoms with E-state index in [-0.39, 0.29) is 18.7 Å². The normalized spacial score (nSPS) is 16.0. The minimum Gasteiger partial charge on any atom is -0.375 e. The highest BCUT2D eigenvalue weighted by atomic mass is 16.7. The number of fused-ring (bicyclic) bond motifs is 2. The van der Waals surface area contributed by atoms with Gasteiger partial charge in [0.15, 0.2) is 23.5 Å². The van der Waals surface area contributed by atoms with Crippen molar-refractivity contribution in [2.45, 2.75) is 64.2 Å². The highest BCUT2D eigenvalue weighted by Crippen LogP contribution is 2.28. The fraction of sp³-hybridized carbons (Fsp3) is 0.412. The summed E-state index contributed by atoms with van der Waals surface area (Å²) in [5.41, 5.74) is 7.24. The Morgan fingerprint density at radius 1 is 1.12 bits per heavy atom. The molecule has 0 bridgehead atoms. The van der Waals surface area contributed by atoms with E-state index in [1.807, 2.05) is 23.0 Å². The zero-order valence-electron chi connectivity index (χ0n) is 24.9. The number of rotatable bonds is 14. The number of Topliss-reactive ketones (excluding diaryl/α,β-unsaturated/α-hetero) is 1. The van der Waals surface area contributed by atoms with E-state index in [0.29, 0.717) is 12.2 Å². The molecule has 4 heterocycles. The van der Waals surface area contributed by atoms with Crippen LogP contribution in [0.1, 0.15) is 62.5 Å². The monoisotopic (exact) mass is 580 g/mol. The second kappa shape index (κ2) is 13.9. The number of nitrogens with one attached hydrogen (secondary N) is 1. The Balaban J connectivity index is 0.967. The van der Waals surface area contributed by atoms with E-state index in [2.05, 4.69) is 69.7 Å². The average molecular weight is 581 g/mol. The van der Waals surface area contributed by atoms with Crippen LogP contribution in [0.25, 0.3) is 16.9 Å². The van der Waals surface area contributed by atoms with Gasteiger partial charge in [-0.2, -0.15) is 0 Å². The van der Waals surface area contributed by atoms with Crippen LogP contribution in [0.4, 0.5) is 17.2 Å². The lowest BCUT2D eigenvalue weighted by Gasteiger charge is -2.22. The van der Waals surface area contributed by atoms with Gasteiger partial charge in [-0.15, -0.1) is 0 Å². The summed E-state index contributed by atoms with van der Waals surface area (Å²) in [7, 11) is 2.12. The second-order valence-electron chi connectivity index (χ2n) is 11.4. The lowest BCUT2D eigenvalue weighted by molar-refractivity contribution is -0.169. The Morgan fingerprint density at radius 2 is 2.00 bits per heavy atom. The molecule has 6 rings (SSSR count). The number of aliphatic imine (C=N–C) groups is 1. The maximum absolute atomic E-state index is 12.1. The molecule has 0 saturated carbocycles. The third-order valence-corrected chi connectivity index (χ3v) is 8.14. The first-order valence-corrected chi connectivity index (χ1v) is 15.4. The predicted molar refractivity (Wildman–Crippen MR) is 170 cm³/mol. The van der Waals surface area contributed by atoms with Gasteiger partial charge in [-0.25, -0.2) is 9.97 Å². The molecule has 9 heteroatoms. The van der Waals surface area contributed by atoms with E-state index in [1.54, 1.807) is 6.20 Å². The first-order valence-electron chi connectivity index (χ1n) is 15.4. The van der Waals surface area contributed by atoms with Crippen LogP contribution < -0.4 is 10.2 Å². The number of hydrogen-bond acceptors (Lipinski definition) is 8. The highest BCUT2D eigenvalue weighted by molar-refractivity contribution is 5.86. The summed E-state index contributed by atoms with van der Waals surface area (Å²) in [5, 5.41) is 3.48. The number of carbonyl (C=O) groups is 1. The third kappa shape index (κ3) is 7.47. The Hall–Kier alpha value is -4.08. The maximum atomic E-state index is 12.1. The summed E-state index contributed by atoms with van der Waals surface area (Å²) in [6.07, 6.45) is 15.3. The zero-order chi connectivity index (χ0) is 29.4. The number of nitrogens with zero attached hydrogens (tertiary/aromatic N) is 5. The molecule has 43 heavy (non-hydrogen) atoms. The van der Waals surface area contributed by atoms with Crippen LogP contribution in [-0.2, 0) is 20.8 Å². The van der Waals surface area contributed by atoms with Crippen molar-refractivity contribution >= 4 is 34.8 Å². The fourth-order valence-corrected chi connectivity index (χ4v) is 5.62. The average Bonchev–Trinajstić information content (AvgIpc) is 3.72. The molecule has 1 fully saturated rings. The lowest BCUT2D eigenvalue weighted by Crippen LogP contribution is -2.25. The van der Waals surface area contributed by atoms with Crippen LogP contribution in [0.3, 0.4) is 0 Å². The van der Waals surface area contributed by atoms with Gasteiger partial charge in [-0.05, 0) is 73.6 Å². The fourth-order valence-electron chi connectivity index (χ4n) is 5.62. The first kappa shape index (κ1) is 29.0. The Labute approximate surface area is 253 Å². The van der Waals surface area contributed by atoms with Crippen molar-refractivity contribution in [2.24, 2.45) is 4.99 Å². The molecule has 1 saturated heterocycles. The van der Waals surface area contributed by atoms with Crippen molar-refractivity contribution in [3.05, 3.63) is 72.2 Å². The van der Waals surface area contributed by atoms with Gasteiger partial charge in [0.1, 0.15) is 6.61 Å². The van der Waals surface area contributed by atoms with E-state index in [1.165, 1.54) is 11.1 Å². The van der Waals surface area contributed by atoms with E-state index < -0.39 is 0 Å².